The van der Waals surface area contributed by atoms with Gasteiger partial charge in [-0.3, -0.25) is 4.79 Å². The highest BCUT2D eigenvalue weighted by molar-refractivity contribution is 9.10. The van der Waals surface area contributed by atoms with Gasteiger partial charge in [-0.25, -0.2) is 0 Å². The van der Waals surface area contributed by atoms with Crippen molar-refractivity contribution in [1.29, 1.82) is 0 Å². The van der Waals surface area contributed by atoms with Crippen LogP contribution < -0.4 is 5.32 Å². The van der Waals surface area contributed by atoms with Crippen molar-refractivity contribution in [2.75, 3.05) is 0 Å². The molecule has 0 unspecified atom stereocenters. The lowest BCUT2D eigenvalue weighted by Gasteiger charge is -2.02. The predicted octanol–water partition coefficient (Wildman–Crippen LogP) is 4.67. The molecular weight excluding hydrogens is 438 g/mol. The SMILES string of the molecule is O=C(NCc1ccccc1)c1nnc(/C(Cl)=C/c2ccc(O)c(Br)c2)s1. The number of hydrogen-bond donors (Lipinski definition) is 2. The number of aromatic hydroxyl groups is 1. The van der Waals surface area contributed by atoms with Crippen LogP contribution in [0.3, 0.4) is 0 Å². The number of phenolic OH excluding ortho intramolecular Hbond substituents is 1. The van der Waals surface area contributed by atoms with Crippen LogP contribution in [0.5, 0.6) is 5.75 Å². The van der Waals surface area contributed by atoms with Gasteiger partial charge in [-0.15, -0.1) is 10.2 Å². The lowest BCUT2D eigenvalue weighted by molar-refractivity contribution is 0.0950. The maximum atomic E-state index is 12.2. The number of hydrogen-bond acceptors (Lipinski definition) is 5. The summed E-state index contributed by atoms with van der Waals surface area (Å²) in [5.74, 6) is -0.152. The van der Waals surface area contributed by atoms with E-state index in [-0.39, 0.29) is 16.7 Å². The molecule has 0 fully saturated rings. The zero-order chi connectivity index (χ0) is 18.5. The molecule has 2 N–H and O–H groups in total. The quantitative estimate of drug-likeness (QED) is 0.592. The zero-order valence-electron chi connectivity index (χ0n) is 13.3. The topological polar surface area (TPSA) is 75.1 Å². The third kappa shape index (κ3) is 4.69. The van der Waals surface area contributed by atoms with E-state index in [1.54, 1.807) is 24.3 Å². The monoisotopic (exact) mass is 449 g/mol. The minimum absolute atomic E-state index is 0.145. The molecule has 1 heterocycles. The van der Waals surface area contributed by atoms with Crippen LogP contribution in [-0.2, 0) is 6.54 Å². The van der Waals surface area contributed by atoms with Gasteiger partial charge in [0.1, 0.15) is 5.75 Å². The molecule has 1 amide bonds. The number of amides is 1. The minimum Gasteiger partial charge on any atom is -0.507 e. The molecular formula is C18H13BrClN3O2S. The molecule has 2 aromatic carbocycles. The minimum atomic E-state index is -0.297. The van der Waals surface area contributed by atoms with Crippen molar-refractivity contribution in [2.24, 2.45) is 0 Å². The first-order valence-corrected chi connectivity index (χ1v) is 9.53. The van der Waals surface area contributed by atoms with E-state index in [9.17, 15) is 9.90 Å². The molecule has 0 atom stereocenters. The number of phenols is 1. The van der Waals surface area contributed by atoms with Gasteiger partial charge in [0.25, 0.3) is 5.91 Å². The molecule has 0 spiro atoms. The molecule has 3 rings (SSSR count). The van der Waals surface area contributed by atoms with E-state index < -0.39 is 0 Å². The molecule has 0 aliphatic rings. The molecule has 0 saturated carbocycles. The molecule has 5 nitrogen and oxygen atoms in total. The summed E-state index contributed by atoms with van der Waals surface area (Å²) in [6.45, 7) is 0.416. The summed E-state index contributed by atoms with van der Waals surface area (Å²) < 4.78 is 0.564. The Hall–Kier alpha value is -2.22. The van der Waals surface area contributed by atoms with E-state index in [1.165, 1.54) is 0 Å². The van der Waals surface area contributed by atoms with Crippen molar-refractivity contribution in [3.8, 4) is 5.75 Å². The molecule has 3 aromatic rings. The van der Waals surface area contributed by atoms with Crippen LogP contribution in [0.1, 0.15) is 25.9 Å². The number of nitrogens with zero attached hydrogens (tertiary/aromatic N) is 2. The summed E-state index contributed by atoms with van der Waals surface area (Å²) in [5, 5.41) is 21.3. The second kappa shape index (κ2) is 8.44. The fourth-order valence-electron chi connectivity index (χ4n) is 2.09. The second-order valence-electron chi connectivity index (χ2n) is 5.28. The Morgan fingerprint density at radius 1 is 1.19 bits per heavy atom. The standard InChI is InChI=1S/C18H13BrClN3O2S/c19-13-8-12(6-7-15(13)24)9-14(20)17-22-23-18(26-17)16(25)21-10-11-4-2-1-3-5-11/h1-9,24H,10H2,(H,21,25)/b14-9-. The first kappa shape index (κ1) is 18.6. The van der Waals surface area contributed by atoms with E-state index in [1.807, 2.05) is 30.3 Å². The van der Waals surface area contributed by atoms with Crippen molar-refractivity contribution >= 4 is 55.9 Å². The summed E-state index contributed by atoms with van der Waals surface area (Å²) in [7, 11) is 0. The van der Waals surface area contributed by atoms with Crippen molar-refractivity contribution in [3.63, 3.8) is 0 Å². The Morgan fingerprint density at radius 3 is 2.65 bits per heavy atom. The number of rotatable bonds is 5. The number of carbonyl (C=O) groups excluding carboxylic acids is 1. The van der Waals surface area contributed by atoms with Crippen molar-refractivity contribution < 1.29 is 9.90 Å². The molecule has 1 aromatic heterocycles. The third-order valence-electron chi connectivity index (χ3n) is 3.38. The molecule has 26 heavy (non-hydrogen) atoms. The van der Waals surface area contributed by atoms with Crippen LogP contribution >= 0.6 is 38.9 Å². The molecule has 132 valence electrons. The highest BCUT2D eigenvalue weighted by Crippen LogP contribution is 2.29. The molecule has 0 aliphatic carbocycles. The number of benzene rings is 2. The first-order valence-electron chi connectivity index (χ1n) is 7.54. The van der Waals surface area contributed by atoms with Gasteiger partial charge in [0.15, 0.2) is 5.01 Å². The van der Waals surface area contributed by atoms with Gasteiger partial charge in [0.05, 0.1) is 9.51 Å². The van der Waals surface area contributed by atoms with Gasteiger partial charge in [-0.2, -0.15) is 0 Å². The largest absolute Gasteiger partial charge is 0.507 e. The molecule has 0 aliphatic heterocycles. The van der Waals surface area contributed by atoms with Crippen LogP contribution in [0.25, 0.3) is 11.1 Å². The predicted molar refractivity (Wildman–Crippen MR) is 107 cm³/mol. The van der Waals surface area contributed by atoms with Crippen LogP contribution in [0.15, 0.2) is 53.0 Å². The molecule has 0 bridgehead atoms. The van der Waals surface area contributed by atoms with Crippen molar-refractivity contribution in [3.05, 3.63) is 74.1 Å². The summed E-state index contributed by atoms with van der Waals surface area (Å²) in [5.41, 5.74) is 1.78. The van der Waals surface area contributed by atoms with Crippen LogP contribution in [0.2, 0.25) is 0 Å². The van der Waals surface area contributed by atoms with E-state index in [0.717, 1.165) is 22.5 Å². The number of nitrogens with one attached hydrogen (secondary N) is 1. The normalized spacial score (nSPS) is 11.4. The maximum Gasteiger partial charge on any atom is 0.282 e. The molecule has 0 radical (unpaired) electrons. The van der Waals surface area contributed by atoms with Gasteiger partial charge >= 0.3 is 0 Å². The Kier molecular flexibility index (Phi) is 6.03. The fourth-order valence-corrected chi connectivity index (χ4v) is 3.43. The Balaban J connectivity index is 1.69. The fraction of sp³-hybridized carbons (Fsp3) is 0.0556. The highest BCUT2D eigenvalue weighted by Gasteiger charge is 2.14. The highest BCUT2D eigenvalue weighted by atomic mass is 79.9. The zero-order valence-corrected chi connectivity index (χ0v) is 16.5. The summed E-state index contributed by atoms with van der Waals surface area (Å²) >= 11 is 10.6. The van der Waals surface area contributed by atoms with Gasteiger partial charge in [-0.05, 0) is 45.3 Å². The van der Waals surface area contributed by atoms with E-state index in [0.29, 0.717) is 21.1 Å². The first-order chi connectivity index (χ1) is 12.5. The average Bonchev–Trinajstić information content (AvgIpc) is 3.14. The van der Waals surface area contributed by atoms with Gasteiger partial charge in [0, 0.05) is 6.54 Å². The lowest BCUT2D eigenvalue weighted by atomic mass is 10.2. The van der Waals surface area contributed by atoms with Crippen LogP contribution in [-0.4, -0.2) is 21.2 Å². The van der Waals surface area contributed by atoms with Gasteiger partial charge in [0.2, 0.25) is 5.01 Å². The van der Waals surface area contributed by atoms with E-state index >= 15 is 0 Å². The summed E-state index contributed by atoms with van der Waals surface area (Å²) in [4.78, 5) is 12.2. The number of halogens is 2. The van der Waals surface area contributed by atoms with Crippen LogP contribution in [0.4, 0.5) is 0 Å². The third-order valence-corrected chi connectivity index (χ3v) is 5.38. The molecule has 8 heteroatoms. The Labute approximate surface area is 167 Å². The van der Waals surface area contributed by atoms with Gasteiger partial charge < -0.3 is 10.4 Å². The molecule has 0 saturated heterocycles. The smallest absolute Gasteiger partial charge is 0.282 e. The summed E-state index contributed by atoms with van der Waals surface area (Å²) in [6, 6.07) is 14.6. The Bertz CT molecular complexity index is 960. The van der Waals surface area contributed by atoms with Crippen molar-refractivity contribution in [1.82, 2.24) is 15.5 Å². The lowest BCUT2D eigenvalue weighted by Crippen LogP contribution is -2.22. The van der Waals surface area contributed by atoms with E-state index in [4.69, 9.17) is 11.6 Å². The number of aromatic nitrogens is 2. The summed E-state index contributed by atoms with van der Waals surface area (Å²) in [6.07, 6.45) is 1.69. The van der Waals surface area contributed by atoms with Crippen molar-refractivity contribution in [2.45, 2.75) is 6.54 Å². The Morgan fingerprint density at radius 2 is 1.92 bits per heavy atom. The second-order valence-corrected chi connectivity index (χ2v) is 7.52. The maximum absolute atomic E-state index is 12.2. The average molecular weight is 451 g/mol. The number of carbonyl (C=O) groups is 1. The van der Waals surface area contributed by atoms with Gasteiger partial charge in [-0.1, -0.05) is 59.3 Å². The van der Waals surface area contributed by atoms with Crippen LogP contribution in [0, 0.1) is 0 Å². The van der Waals surface area contributed by atoms with E-state index in [2.05, 4.69) is 31.4 Å².